The van der Waals surface area contributed by atoms with Crippen LogP contribution in [-0.2, 0) is 22.4 Å². The zero-order valence-electron chi connectivity index (χ0n) is 25.2. The number of aryl methyl sites for hydroxylation is 1. The monoisotopic (exact) mass is 591 g/mol. The molecule has 8 heteroatoms. The Morgan fingerprint density at radius 2 is 1.52 bits per heavy atom. The van der Waals surface area contributed by atoms with Crippen LogP contribution in [0, 0.1) is 0 Å². The first-order valence-corrected chi connectivity index (χ1v) is 15.7. The van der Waals surface area contributed by atoms with Crippen molar-refractivity contribution in [1.82, 2.24) is 24.7 Å². The van der Waals surface area contributed by atoms with Crippen LogP contribution < -0.4 is 5.32 Å². The van der Waals surface area contributed by atoms with Crippen molar-refractivity contribution in [3.8, 4) is 11.3 Å². The SMILES string of the molecule is O=C(C[C@H](CCc1ccccc1)n1cnc(C(=O)N2CCNC[C@H]2Cc2ccccc2)c1-c1ccccc1)N1CCOCC1. The normalized spacial score (nSPS) is 17.8. The predicted octanol–water partition coefficient (Wildman–Crippen LogP) is 4.63. The maximum absolute atomic E-state index is 14.4. The van der Waals surface area contributed by atoms with Gasteiger partial charge < -0.3 is 24.4 Å². The van der Waals surface area contributed by atoms with E-state index in [4.69, 9.17) is 9.72 Å². The van der Waals surface area contributed by atoms with E-state index in [9.17, 15) is 9.59 Å². The molecule has 0 aliphatic carbocycles. The first-order valence-electron chi connectivity index (χ1n) is 15.7. The Hall–Kier alpha value is -4.27. The van der Waals surface area contributed by atoms with Crippen LogP contribution in [0.5, 0.6) is 0 Å². The molecule has 3 heterocycles. The van der Waals surface area contributed by atoms with Gasteiger partial charge in [-0.2, -0.15) is 0 Å². The van der Waals surface area contributed by atoms with E-state index in [2.05, 4.69) is 34.1 Å². The molecule has 6 rings (SSSR count). The molecule has 1 N–H and O–H groups in total. The smallest absolute Gasteiger partial charge is 0.275 e. The number of benzene rings is 3. The van der Waals surface area contributed by atoms with Crippen LogP contribution in [0.1, 0.15) is 40.5 Å². The van der Waals surface area contributed by atoms with Crippen LogP contribution in [0.15, 0.2) is 97.3 Å². The third kappa shape index (κ3) is 7.09. The van der Waals surface area contributed by atoms with Crippen molar-refractivity contribution in [2.24, 2.45) is 0 Å². The summed E-state index contributed by atoms with van der Waals surface area (Å²) in [6.45, 7) is 4.43. The highest BCUT2D eigenvalue weighted by atomic mass is 16.5. The summed E-state index contributed by atoms with van der Waals surface area (Å²) >= 11 is 0. The highest BCUT2D eigenvalue weighted by Crippen LogP contribution is 2.32. The molecule has 2 atom stereocenters. The standard InChI is InChI=1S/C36H41N5O3/c42-33(39-20-22-44-23-21-39)25-31(17-16-28-10-4-1-5-11-28)41-27-38-34(35(41)30-14-8-3-9-15-30)36(43)40-19-18-37-26-32(40)24-29-12-6-2-7-13-29/h1-15,27,31-32,37H,16-26H2/t31-,32+/m0/s1. The number of hydrogen-bond acceptors (Lipinski definition) is 5. The Bertz CT molecular complexity index is 1500. The minimum absolute atomic E-state index is 0.0178. The molecule has 8 nitrogen and oxygen atoms in total. The third-order valence-electron chi connectivity index (χ3n) is 8.75. The van der Waals surface area contributed by atoms with E-state index in [-0.39, 0.29) is 23.9 Å². The van der Waals surface area contributed by atoms with Crippen LogP contribution in [0.25, 0.3) is 11.3 Å². The largest absolute Gasteiger partial charge is 0.378 e. The fourth-order valence-corrected chi connectivity index (χ4v) is 6.37. The molecule has 2 aliphatic heterocycles. The van der Waals surface area contributed by atoms with Crippen LogP contribution in [0.4, 0.5) is 0 Å². The number of nitrogens with one attached hydrogen (secondary N) is 1. The van der Waals surface area contributed by atoms with Crippen molar-refractivity contribution in [2.75, 3.05) is 45.9 Å². The zero-order valence-corrected chi connectivity index (χ0v) is 25.2. The van der Waals surface area contributed by atoms with Crippen molar-refractivity contribution >= 4 is 11.8 Å². The van der Waals surface area contributed by atoms with E-state index in [1.807, 2.05) is 76.5 Å². The lowest BCUT2D eigenvalue weighted by atomic mass is 10.00. The lowest BCUT2D eigenvalue weighted by molar-refractivity contribution is -0.136. The van der Waals surface area contributed by atoms with Gasteiger partial charge in [-0.25, -0.2) is 4.98 Å². The van der Waals surface area contributed by atoms with Crippen LogP contribution >= 0.6 is 0 Å². The number of amides is 2. The van der Waals surface area contributed by atoms with Gasteiger partial charge in [0.25, 0.3) is 5.91 Å². The molecule has 2 amide bonds. The highest BCUT2D eigenvalue weighted by molar-refractivity contribution is 5.98. The first-order chi connectivity index (χ1) is 21.7. The van der Waals surface area contributed by atoms with Gasteiger partial charge >= 0.3 is 0 Å². The van der Waals surface area contributed by atoms with E-state index < -0.39 is 0 Å². The van der Waals surface area contributed by atoms with E-state index in [1.54, 1.807) is 6.33 Å². The average Bonchev–Trinajstić information content (AvgIpc) is 3.53. The van der Waals surface area contributed by atoms with Gasteiger partial charge in [0.05, 0.1) is 25.2 Å². The Balaban J connectivity index is 1.34. The number of hydrogen-bond donors (Lipinski definition) is 1. The topological polar surface area (TPSA) is 79.7 Å². The van der Waals surface area contributed by atoms with Crippen LogP contribution in [-0.4, -0.2) is 83.1 Å². The number of carbonyl (C=O) groups is 2. The van der Waals surface area contributed by atoms with E-state index >= 15 is 0 Å². The fourth-order valence-electron chi connectivity index (χ4n) is 6.37. The van der Waals surface area contributed by atoms with Gasteiger partial charge in [-0.15, -0.1) is 0 Å². The fraction of sp³-hybridized carbons (Fsp3) is 0.361. The molecule has 2 aliphatic rings. The second kappa shape index (κ2) is 14.5. The van der Waals surface area contributed by atoms with Gasteiger partial charge in [-0.05, 0) is 30.4 Å². The molecule has 3 aromatic carbocycles. The predicted molar refractivity (Wildman–Crippen MR) is 171 cm³/mol. The maximum atomic E-state index is 14.4. The Morgan fingerprint density at radius 1 is 0.864 bits per heavy atom. The molecular formula is C36H41N5O3. The van der Waals surface area contributed by atoms with Gasteiger partial charge in [0, 0.05) is 56.8 Å². The molecule has 2 saturated heterocycles. The molecular weight excluding hydrogens is 550 g/mol. The third-order valence-corrected chi connectivity index (χ3v) is 8.75. The van der Waals surface area contributed by atoms with Crippen molar-refractivity contribution in [2.45, 2.75) is 37.8 Å². The van der Waals surface area contributed by atoms with Gasteiger partial charge in [0.1, 0.15) is 0 Å². The number of nitrogens with zero attached hydrogens (tertiary/aromatic N) is 4. The number of ether oxygens (including phenoxy) is 1. The van der Waals surface area contributed by atoms with Crippen molar-refractivity contribution in [3.05, 3.63) is 114 Å². The lowest BCUT2D eigenvalue weighted by Crippen LogP contribution is -2.54. The summed E-state index contributed by atoms with van der Waals surface area (Å²) in [6, 6.07) is 30.6. The molecule has 0 spiro atoms. The van der Waals surface area contributed by atoms with E-state index in [1.165, 1.54) is 11.1 Å². The Morgan fingerprint density at radius 3 is 2.23 bits per heavy atom. The van der Waals surface area contributed by atoms with Crippen LogP contribution in [0.2, 0.25) is 0 Å². The van der Waals surface area contributed by atoms with Crippen molar-refractivity contribution < 1.29 is 14.3 Å². The molecule has 228 valence electrons. The van der Waals surface area contributed by atoms with Crippen molar-refractivity contribution in [1.29, 1.82) is 0 Å². The lowest BCUT2D eigenvalue weighted by Gasteiger charge is -2.36. The molecule has 0 bridgehead atoms. The molecule has 0 unspecified atom stereocenters. The Labute approximate surface area is 259 Å². The number of carbonyl (C=O) groups excluding carboxylic acids is 2. The second-order valence-electron chi connectivity index (χ2n) is 11.6. The van der Waals surface area contributed by atoms with Crippen LogP contribution in [0.3, 0.4) is 0 Å². The molecule has 4 aromatic rings. The molecule has 2 fully saturated rings. The van der Waals surface area contributed by atoms with Gasteiger partial charge in [-0.3, -0.25) is 9.59 Å². The summed E-state index contributed by atoms with van der Waals surface area (Å²) in [5.74, 6) is 0.0447. The van der Waals surface area contributed by atoms with E-state index in [0.717, 1.165) is 43.6 Å². The minimum Gasteiger partial charge on any atom is -0.378 e. The quantitative estimate of drug-likeness (QED) is 0.291. The van der Waals surface area contributed by atoms with Gasteiger partial charge in [-0.1, -0.05) is 91.0 Å². The maximum Gasteiger partial charge on any atom is 0.275 e. The summed E-state index contributed by atoms with van der Waals surface area (Å²) in [4.78, 5) is 36.7. The van der Waals surface area contributed by atoms with Gasteiger partial charge in [0.15, 0.2) is 5.69 Å². The van der Waals surface area contributed by atoms with Crippen molar-refractivity contribution in [3.63, 3.8) is 0 Å². The minimum atomic E-state index is -0.169. The molecule has 44 heavy (non-hydrogen) atoms. The van der Waals surface area contributed by atoms with E-state index in [0.29, 0.717) is 45.0 Å². The Kier molecular flexibility index (Phi) is 9.79. The number of imidazole rings is 1. The molecule has 1 aromatic heterocycles. The summed E-state index contributed by atoms with van der Waals surface area (Å²) in [5, 5.41) is 3.48. The highest BCUT2D eigenvalue weighted by Gasteiger charge is 2.33. The molecule has 0 radical (unpaired) electrons. The van der Waals surface area contributed by atoms with Gasteiger partial charge in [0.2, 0.25) is 5.91 Å². The number of morpholine rings is 1. The molecule has 0 saturated carbocycles. The number of aromatic nitrogens is 2. The summed E-state index contributed by atoms with van der Waals surface area (Å²) < 4.78 is 7.59. The summed E-state index contributed by atoms with van der Waals surface area (Å²) in [5.41, 5.74) is 4.57. The average molecular weight is 592 g/mol. The zero-order chi connectivity index (χ0) is 30.1. The number of rotatable bonds is 10. The second-order valence-corrected chi connectivity index (χ2v) is 11.6. The summed E-state index contributed by atoms with van der Waals surface area (Å²) in [6.07, 6.45) is 4.45. The first kappa shape index (κ1) is 29.8. The summed E-state index contributed by atoms with van der Waals surface area (Å²) in [7, 11) is 0. The number of piperazine rings is 1.